The molecule has 1 aromatic heterocycles. The molecule has 6 nitrogen and oxygen atoms in total. The van der Waals surface area contributed by atoms with Crippen LogP contribution in [0.2, 0.25) is 0 Å². The van der Waals surface area contributed by atoms with Crippen LogP contribution in [0.1, 0.15) is 29.6 Å². The Morgan fingerprint density at radius 3 is 3.19 bits per heavy atom. The van der Waals surface area contributed by atoms with Crippen molar-refractivity contribution in [2.45, 2.75) is 43.1 Å². The second-order valence-corrected chi connectivity index (χ2v) is 6.73. The number of carbonyl (C=O) groups is 1. The van der Waals surface area contributed by atoms with Crippen LogP contribution in [-0.4, -0.2) is 51.4 Å². The number of hydrogen-bond acceptors (Lipinski definition) is 5. The minimum atomic E-state index is -0.198. The number of amides is 1. The first-order valence-electron chi connectivity index (χ1n) is 7.41. The molecule has 4 rings (SSSR count). The molecule has 1 amide bonds. The smallest absolute Gasteiger partial charge is 0.267 e. The predicted molar refractivity (Wildman–Crippen MR) is 77.6 cm³/mol. The Hall–Kier alpha value is -1.34. The second-order valence-electron chi connectivity index (χ2n) is 5.67. The predicted octanol–water partition coefficient (Wildman–Crippen LogP) is 0.742. The largest absolute Gasteiger partial charge is 0.374 e. The fraction of sp³-hybridized carbons (Fsp3) is 0.643. The number of rotatable bonds is 1. The van der Waals surface area contributed by atoms with Gasteiger partial charge < -0.3 is 9.64 Å². The van der Waals surface area contributed by atoms with Crippen LogP contribution in [0.15, 0.2) is 16.1 Å². The van der Waals surface area contributed by atoms with Crippen LogP contribution < -0.4 is 5.56 Å². The van der Waals surface area contributed by atoms with Crippen molar-refractivity contribution >= 4 is 17.7 Å². The molecule has 2 atom stereocenters. The van der Waals surface area contributed by atoms with Gasteiger partial charge in [0.1, 0.15) is 5.56 Å². The lowest BCUT2D eigenvalue weighted by atomic mass is 10.1. The van der Waals surface area contributed by atoms with E-state index in [2.05, 4.69) is 4.98 Å². The van der Waals surface area contributed by atoms with E-state index < -0.39 is 0 Å². The Bertz CT molecular complexity index is 645. The van der Waals surface area contributed by atoms with Crippen LogP contribution in [0.4, 0.5) is 0 Å². The highest BCUT2D eigenvalue weighted by Crippen LogP contribution is 2.30. The lowest BCUT2D eigenvalue weighted by Crippen LogP contribution is -2.52. The first kappa shape index (κ1) is 13.3. The van der Waals surface area contributed by atoms with Gasteiger partial charge in [-0.3, -0.25) is 14.2 Å². The van der Waals surface area contributed by atoms with Crippen LogP contribution >= 0.6 is 11.8 Å². The molecule has 1 aromatic rings. The molecule has 1 saturated heterocycles. The zero-order valence-corrected chi connectivity index (χ0v) is 12.5. The van der Waals surface area contributed by atoms with Gasteiger partial charge in [-0.15, -0.1) is 0 Å². The molecular weight excluding hydrogens is 290 g/mol. The summed E-state index contributed by atoms with van der Waals surface area (Å²) in [5.74, 6) is 0.669. The zero-order valence-electron chi connectivity index (χ0n) is 11.7. The molecule has 21 heavy (non-hydrogen) atoms. The molecule has 3 heterocycles. The molecule has 0 aromatic carbocycles. The van der Waals surface area contributed by atoms with Crippen molar-refractivity contribution in [3.63, 3.8) is 0 Å². The number of nitrogens with zero attached hydrogens (tertiary/aromatic N) is 3. The number of carbonyl (C=O) groups excluding carboxylic acids is 1. The van der Waals surface area contributed by atoms with Crippen molar-refractivity contribution in [1.82, 2.24) is 14.5 Å². The van der Waals surface area contributed by atoms with Crippen molar-refractivity contribution in [1.29, 1.82) is 0 Å². The molecule has 7 heteroatoms. The third-order valence-corrected chi connectivity index (χ3v) is 5.50. The highest BCUT2D eigenvalue weighted by Gasteiger charge is 2.39. The van der Waals surface area contributed by atoms with Crippen molar-refractivity contribution in [3.05, 3.63) is 22.1 Å². The minimum Gasteiger partial charge on any atom is -0.374 e. The summed E-state index contributed by atoms with van der Waals surface area (Å²) in [5.41, 5.74) is 0.00448. The topological polar surface area (TPSA) is 64.4 Å². The molecule has 2 fully saturated rings. The highest BCUT2D eigenvalue weighted by atomic mass is 32.2. The molecule has 2 aliphatic heterocycles. The van der Waals surface area contributed by atoms with Gasteiger partial charge in [-0.05, 0) is 19.3 Å². The third-order valence-electron chi connectivity index (χ3n) is 4.53. The number of ether oxygens (including phenoxy) is 1. The summed E-state index contributed by atoms with van der Waals surface area (Å²) in [5, 5.41) is 0.720. The molecule has 2 unspecified atom stereocenters. The molecule has 0 N–H and O–H groups in total. The average molecular weight is 307 g/mol. The second kappa shape index (κ2) is 5.14. The summed E-state index contributed by atoms with van der Waals surface area (Å²) in [7, 11) is 0. The molecule has 112 valence electrons. The highest BCUT2D eigenvalue weighted by molar-refractivity contribution is 7.99. The van der Waals surface area contributed by atoms with Crippen LogP contribution in [0.25, 0.3) is 0 Å². The van der Waals surface area contributed by atoms with E-state index >= 15 is 0 Å². The molecule has 0 bridgehead atoms. The van der Waals surface area contributed by atoms with Gasteiger partial charge >= 0.3 is 0 Å². The SMILES string of the molecule is O=C(c1cnc2n(c1=O)CCS2)N1CCOC2CCCC21. The van der Waals surface area contributed by atoms with Crippen LogP contribution in [0, 0.1) is 0 Å². The fourth-order valence-electron chi connectivity index (χ4n) is 3.50. The van der Waals surface area contributed by atoms with Crippen LogP contribution in [-0.2, 0) is 11.3 Å². The van der Waals surface area contributed by atoms with Gasteiger partial charge in [0.15, 0.2) is 5.16 Å². The maximum Gasteiger partial charge on any atom is 0.267 e. The lowest BCUT2D eigenvalue weighted by molar-refractivity contribution is -0.0446. The van der Waals surface area contributed by atoms with Gasteiger partial charge in [0.25, 0.3) is 11.5 Å². The Balaban J connectivity index is 1.67. The van der Waals surface area contributed by atoms with Gasteiger partial charge in [-0.25, -0.2) is 4.98 Å². The quantitative estimate of drug-likeness (QED) is 0.716. The molecule has 0 spiro atoms. The van der Waals surface area contributed by atoms with Crippen LogP contribution in [0.5, 0.6) is 0 Å². The Morgan fingerprint density at radius 2 is 2.29 bits per heavy atom. The number of morpholine rings is 1. The Labute approximate surface area is 126 Å². The number of aromatic nitrogens is 2. The van der Waals surface area contributed by atoms with Gasteiger partial charge in [-0.2, -0.15) is 0 Å². The summed E-state index contributed by atoms with van der Waals surface area (Å²) in [6.07, 6.45) is 4.65. The summed E-state index contributed by atoms with van der Waals surface area (Å²) < 4.78 is 7.34. The monoisotopic (exact) mass is 307 g/mol. The summed E-state index contributed by atoms with van der Waals surface area (Å²) >= 11 is 1.56. The average Bonchev–Trinajstić information content (AvgIpc) is 3.15. The van der Waals surface area contributed by atoms with Crippen LogP contribution in [0.3, 0.4) is 0 Å². The summed E-state index contributed by atoms with van der Waals surface area (Å²) in [4.78, 5) is 31.3. The molecule has 1 aliphatic carbocycles. The molecule has 1 saturated carbocycles. The summed E-state index contributed by atoms with van der Waals surface area (Å²) in [6.45, 7) is 1.76. The van der Waals surface area contributed by atoms with Gasteiger partial charge in [0.2, 0.25) is 0 Å². The Kier molecular flexibility index (Phi) is 3.26. The van der Waals surface area contributed by atoms with Crippen molar-refractivity contribution in [3.8, 4) is 0 Å². The van der Waals surface area contributed by atoms with Gasteiger partial charge in [0.05, 0.1) is 18.8 Å². The van der Waals surface area contributed by atoms with Crippen molar-refractivity contribution in [2.75, 3.05) is 18.9 Å². The van der Waals surface area contributed by atoms with E-state index in [4.69, 9.17) is 4.74 Å². The van der Waals surface area contributed by atoms with E-state index in [1.54, 1.807) is 16.3 Å². The minimum absolute atomic E-state index is 0.123. The van der Waals surface area contributed by atoms with Crippen molar-refractivity contribution in [2.24, 2.45) is 0 Å². The molecule has 0 radical (unpaired) electrons. The maximum absolute atomic E-state index is 12.8. The number of thioether (sulfide) groups is 1. The van der Waals surface area contributed by atoms with E-state index in [1.165, 1.54) is 6.20 Å². The van der Waals surface area contributed by atoms with Gasteiger partial charge in [0, 0.05) is 25.0 Å². The Morgan fingerprint density at radius 1 is 1.38 bits per heavy atom. The van der Waals surface area contributed by atoms with Gasteiger partial charge in [-0.1, -0.05) is 11.8 Å². The van der Waals surface area contributed by atoms with Crippen molar-refractivity contribution < 1.29 is 9.53 Å². The van der Waals surface area contributed by atoms with E-state index in [0.29, 0.717) is 19.7 Å². The standard InChI is InChI=1S/C14H17N3O3S/c18-12(16-4-6-20-11-3-1-2-10(11)16)9-8-15-14-17(13(9)19)5-7-21-14/h8,10-11H,1-7H2. The first-order valence-corrected chi connectivity index (χ1v) is 8.39. The third kappa shape index (κ3) is 2.10. The maximum atomic E-state index is 12.8. The van der Waals surface area contributed by atoms with E-state index in [0.717, 1.165) is 30.2 Å². The fourth-order valence-corrected chi connectivity index (χ4v) is 4.41. The van der Waals surface area contributed by atoms with E-state index in [9.17, 15) is 9.59 Å². The lowest BCUT2D eigenvalue weighted by Gasteiger charge is -2.37. The zero-order chi connectivity index (χ0) is 14.4. The normalized spacial score (nSPS) is 27.5. The number of hydrogen-bond donors (Lipinski definition) is 0. The van der Waals surface area contributed by atoms with E-state index in [-0.39, 0.29) is 29.2 Å². The first-order chi connectivity index (χ1) is 10.3. The summed E-state index contributed by atoms with van der Waals surface area (Å²) in [6, 6.07) is 0.123. The number of fused-ring (bicyclic) bond motifs is 2. The molecular formula is C14H17N3O3S. The van der Waals surface area contributed by atoms with E-state index in [1.807, 2.05) is 4.90 Å². The molecule has 3 aliphatic rings.